The number of fused-ring (bicyclic) bond motifs is 3. The molecule has 0 saturated carbocycles. The fourth-order valence-electron chi connectivity index (χ4n) is 4.08. The number of aryl methyl sites for hydroxylation is 1. The van der Waals surface area contributed by atoms with Gasteiger partial charge in [-0.1, -0.05) is 6.07 Å². The Morgan fingerprint density at radius 2 is 2.10 bits per heavy atom. The van der Waals surface area contributed by atoms with Gasteiger partial charge in [-0.3, -0.25) is 4.79 Å². The maximum Gasteiger partial charge on any atom is 0.304 e. The highest BCUT2D eigenvalue weighted by Crippen LogP contribution is 2.37. The van der Waals surface area contributed by atoms with Crippen LogP contribution >= 0.6 is 0 Å². The minimum atomic E-state index is -0.760. The van der Waals surface area contributed by atoms with Crippen molar-refractivity contribution in [1.82, 2.24) is 4.57 Å². The molecule has 3 aromatic rings. The number of carbonyl (C=O) groups is 1. The van der Waals surface area contributed by atoms with Gasteiger partial charge in [0.05, 0.1) is 18.1 Å². The van der Waals surface area contributed by atoms with Crippen molar-refractivity contribution in [2.75, 3.05) is 0 Å². The number of hydrogen-bond acceptors (Lipinski definition) is 4. The van der Waals surface area contributed by atoms with Gasteiger partial charge in [0.1, 0.15) is 24.2 Å². The van der Waals surface area contributed by atoms with E-state index in [0.29, 0.717) is 17.9 Å². The van der Waals surface area contributed by atoms with Crippen LogP contribution in [0.5, 0.6) is 11.5 Å². The third kappa shape index (κ3) is 3.97. The Labute approximate surface area is 175 Å². The Morgan fingerprint density at radius 3 is 2.83 bits per heavy atom. The monoisotopic (exact) mass is 404 g/mol. The molecule has 0 bridgehead atoms. The van der Waals surface area contributed by atoms with Crippen molar-refractivity contribution in [2.24, 2.45) is 0 Å². The summed E-state index contributed by atoms with van der Waals surface area (Å²) in [6.07, 6.45) is 1.04. The molecule has 0 radical (unpaired) electrons. The van der Waals surface area contributed by atoms with Gasteiger partial charge in [0.25, 0.3) is 0 Å². The second-order valence-corrected chi connectivity index (χ2v) is 7.92. The minimum absolute atomic E-state index is 0.00469. The molecule has 6 heteroatoms. The van der Waals surface area contributed by atoms with Crippen LogP contribution in [0.2, 0.25) is 0 Å². The second kappa shape index (κ2) is 8.11. The molecule has 1 aromatic heterocycles. The largest absolute Gasteiger partial charge is 0.490 e. The number of aromatic nitrogens is 1. The van der Waals surface area contributed by atoms with Crippen LogP contribution in [0.4, 0.5) is 0 Å². The molecule has 0 saturated heterocycles. The third-order valence-corrected chi connectivity index (χ3v) is 5.38. The first-order valence-corrected chi connectivity index (χ1v) is 10.1. The SMILES string of the molecule is CC(C)Oc1ccc(COc2ccc3c(c2)cc2n3CC[C@@H]2CC(=O)O)cc1C#N. The number of carboxylic acids is 1. The van der Waals surface area contributed by atoms with Crippen molar-refractivity contribution in [1.29, 1.82) is 5.26 Å². The van der Waals surface area contributed by atoms with Crippen LogP contribution in [0.15, 0.2) is 42.5 Å². The van der Waals surface area contributed by atoms with Crippen LogP contribution in [0.1, 0.15) is 49.4 Å². The van der Waals surface area contributed by atoms with E-state index in [0.717, 1.165) is 40.9 Å². The van der Waals surface area contributed by atoms with Crippen molar-refractivity contribution in [3.05, 3.63) is 59.3 Å². The highest BCUT2D eigenvalue weighted by molar-refractivity contribution is 5.83. The van der Waals surface area contributed by atoms with Crippen molar-refractivity contribution < 1.29 is 19.4 Å². The summed E-state index contributed by atoms with van der Waals surface area (Å²) in [4.78, 5) is 11.1. The van der Waals surface area contributed by atoms with E-state index < -0.39 is 5.97 Å². The lowest BCUT2D eigenvalue weighted by atomic mass is 10.0. The van der Waals surface area contributed by atoms with E-state index in [9.17, 15) is 10.1 Å². The third-order valence-electron chi connectivity index (χ3n) is 5.38. The number of rotatable bonds is 7. The standard InChI is InChI=1S/C24H24N2O4/c1-15(2)30-23-6-3-16(9-19(23)13-25)14-29-20-4-5-21-18(10-20)11-22-17(12-24(27)28)7-8-26(21)22/h3-6,9-11,15,17H,7-8,12,14H2,1-2H3,(H,27,28)/t17-/m1/s1. The van der Waals surface area contributed by atoms with E-state index in [1.165, 1.54) is 0 Å². The highest BCUT2D eigenvalue weighted by atomic mass is 16.5. The molecule has 1 atom stereocenters. The van der Waals surface area contributed by atoms with Gasteiger partial charge < -0.3 is 19.1 Å². The first-order chi connectivity index (χ1) is 14.4. The molecule has 6 nitrogen and oxygen atoms in total. The van der Waals surface area contributed by atoms with E-state index in [1.54, 1.807) is 12.1 Å². The first-order valence-electron chi connectivity index (χ1n) is 10.1. The Kier molecular flexibility index (Phi) is 5.37. The van der Waals surface area contributed by atoms with Crippen LogP contribution < -0.4 is 9.47 Å². The van der Waals surface area contributed by atoms with Crippen molar-refractivity contribution in [3.63, 3.8) is 0 Å². The van der Waals surface area contributed by atoms with E-state index in [2.05, 4.69) is 16.7 Å². The lowest BCUT2D eigenvalue weighted by Crippen LogP contribution is -2.07. The molecule has 1 aliphatic rings. The number of hydrogen-bond donors (Lipinski definition) is 1. The number of nitrogens with zero attached hydrogens (tertiary/aromatic N) is 2. The van der Waals surface area contributed by atoms with Gasteiger partial charge in [0.15, 0.2) is 0 Å². The molecule has 0 aliphatic carbocycles. The quantitative estimate of drug-likeness (QED) is 0.609. The van der Waals surface area contributed by atoms with E-state index >= 15 is 0 Å². The van der Waals surface area contributed by atoms with Gasteiger partial charge >= 0.3 is 5.97 Å². The highest BCUT2D eigenvalue weighted by Gasteiger charge is 2.26. The number of ether oxygens (including phenoxy) is 2. The molecule has 1 N–H and O–H groups in total. The zero-order valence-electron chi connectivity index (χ0n) is 17.1. The lowest BCUT2D eigenvalue weighted by Gasteiger charge is -2.12. The normalized spacial score (nSPS) is 15.2. The average Bonchev–Trinajstić information content (AvgIpc) is 3.25. The van der Waals surface area contributed by atoms with E-state index in [-0.39, 0.29) is 18.4 Å². The number of aliphatic carboxylic acids is 1. The summed E-state index contributed by atoms with van der Waals surface area (Å²) in [6.45, 7) is 5.04. The van der Waals surface area contributed by atoms with Gasteiger partial charge in [-0.15, -0.1) is 0 Å². The van der Waals surface area contributed by atoms with Crippen LogP contribution in [0.3, 0.4) is 0 Å². The molecule has 30 heavy (non-hydrogen) atoms. The van der Waals surface area contributed by atoms with Crippen LogP contribution in [0, 0.1) is 11.3 Å². The zero-order valence-corrected chi connectivity index (χ0v) is 17.1. The molecule has 1 aliphatic heterocycles. The Hall–Kier alpha value is -3.46. The molecule has 0 fully saturated rings. The van der Waals surface area contributed by atoms with Crippen molar-refractivity contribution in [3.8, 4) is 17.6 Å². The Bertz CT molecular complexity index is 1140. The minimum Gasteiger partial charge on any atom is -0.490 e. The molecule has 0 amide bonds. The second-order valence-electron chi connectivity index (χ2n) is 7.92. The fraction of sp³-hybridized carbons (Fsp3) is 0.333. The van der Waals surface area contributed by atoms with E-state index in [4.69, 9.17) is 14.6 Å². The summed E-state index contributed by atoms with van der Waals surface area (Å²) in [5, 5.41) is 19.6. The molecular formula is C24H24N2O4. The molecule has 154 valence electrons. The zero-order chi connectivity index (χ0) is 21.3. The Balaban J connectivity index is 1.50. The summed E-state index contributed by atoms with van der Waals surface area (Å²) in [5.41, 5.74) is 3.58. The number of carboxylic acid groups (broad SMARTS) is 1. The maximum atomic E-state index is 11.1. The average molecular weight is 404 g/mol. The van der Waals surface area contributed by atoms with Crippen LogP contribution in [0.25, 0.3) is 10.9 Å². The van der Waals surface area contributed by atoms with Gasteiger partial charge in [-0.2, -0.15) is 5.26 Å². The molecule has 0 spiro atoms. The molecule has 0 unspecified atom stereocenters. The van der Waals surface area contributed by atoms with Crippen molar-refractivity contribution >= 4 is 16.9 Å². The smallest absolute Gasteiger partial charge is 0.304 e. The van der Waals surface area contributed by atoms with Crippen LogP contribution in [-0.4, -0.2) is 21.7 Å². The lowest BCUT2D eigenvalue weighted by molar-refractivity contribution is -0.137. The predicted molar refractivity (Wildman–Crippen MR) is 113 cm³/mol. The molecule has 2 aromatic carbocycles. The Morgan fingerprint density at radius 1 is 1.27 bits per heavy atom. The summed E-state index contributed by atoms with van der Waals surface area (Å²) >= 11 is 0. The van der Waals surface area contributed by atoms with Crippen molar-refractivity contribution in [2.45, 2.75) is 51.9 Å². The van der Waals surface area contributed by atoms with Gasteiger partial charge in [-0.25, -0.2) is 0 Å². The first kappa shape index (κ1) is 19.8. The van der Waals surface area contributed by atoms with E-state index in [1.807, 2.05) is 38.1 Å². The molecule has 4 rings (SSSR count). The van der Waals surface area contributed by atoms with Gasteiger partial charge in [0, 0.05) is 29.1 Å². The molecule has 2 heterocycles. The van der Waals surface area contributed by atoms with Gasteiger partial charge in [0.2, 0.25) is 0 Å². The van der Waals surface area contributed by atoms with Crippen LogP contribution in [-0.2, 0) is 17.9 Å². The summed E-state index contributed by atoms with van der Waals surface area (Å²) in [5.74, 6) is 0.624. The predicted octanol–water partition coefficient (Wildman–Crippen LogP) is 4.84. The molecular weight excluding hydrogens is 380 g/mol. The summed E-state index contributed by atoms with van der Waals surface area (Å²) in [6, 6.07) is 15.7. The summed E-state index contributed by atoms with van der Waals surface area (Å²) in [7, 11) is 0. The topological polar surface area (TPSA) is 84.5 Å². The van der Waals surface area contributed by atoms with Gasteiger partial charge in [-0.05, 0) is 62.2 Å². The fourth-order valence-corrected chi connectivity index (χ4v) is 4.08. The summed E-state index contributed by atoms with van der Waals surface area (Å²) < 4.78 is 13.8. The maximum absolute atomic E-state index is 11.1. The number of benzene rings is 2. The number of nitriles is 1.